The summed E-state index contributed by atoms with van der Waals surface area (Å²) in [5, 5.41) is 8.72. The molecular formula is C12H15ClN2S. The highest BCUT2D eigenvalue weighted by Gasteiger charge is 2.14. The molecule has 0 spiro atoms. The first-order valence-corrected chi connectivity index (χ1v) is 6.83. The van der Waals surface area contributed by atoms with Gasteiger partial charge < -0.3 is 4.90 Å². The summed E-state index contributed by atoms with van der Waals surface area (Å²) in [5.41, 5.74) is 0. The van der Waals surface area contributed by atoms with Crippen molar-refractivity contribution in [3.8, 4) is 0 Å². The first-order valence-electron chi connectivity index (χ1n) is 5.46. The summed E-state index contributed by atoms with van der Waals surface area (Å²) >= 11 is 7.52. The van der Waals surface area contributed by atoms with Gasteiger partial charge in [0, 0.05) is 23.0 Å². The van der Waals surface area contributed by atoms with Crippen molar-refractivity contribution < 1.29 is 0 Å². The number of hydrogen-bond acceptors (Lipinski definition) is 2. The Morgan fingerprint density at radius 2 is 1.88 bits per heavy atom. The first-order chi connectivity index (χ1) is 7.75. The Kier molecular flexibility index (Phi) is 4.13. The van der Waals surface area contributed by atoms with Gasteiger partial charge in [0.1, 0.15) is 5.84 Å². The van der Waals surface area contributed by atoms with Gasteiger partial charge in [0.2, 0.25) is 0 Å². The van der Waals surface area contributed by atoms with Crippen LogP contribution in [0.15, 0.2) is 29.2 Å². The molecule has 1 N–H and O–H groups in total. The molecule has 0 bridgehead atoms. The molecule has 0 amide bonds. The van der Waals surface area contributed by atoms with Gasteiger partial charge in [-0.25, -0.2) is 0 Å². The summed E-state index contributed by atoms with van der Waals surface area (Å²) < 4.78 is 0. The Morgan fingerprint density at radius 3 is 2.50 bits per heavy atom. The van der Waals surface area contributed by atoms with E-state index in [1.165, 1.54) is 17.7 Å². The third-order valence-electron chi connectivity index (χ3n) is 2.68. The number of thioether (sulfide) groups is 1. The number of likely N-dealkylation sites (tertiary alicyclic amines) is 1. The van der Waals surface area contributed by atoms with Gasteiger partial charge in [0.15, 0.2) is 0 Å². The molecule has 2 nitrogen and oxygen atoms in total. The number of rotatable bonds is 3. The van der Waals surface area contributed by atoms with E-state index in [1.807, 2.05) is 24.3 Å². The number of nitrogens with one attached hydrogen (secondary N) is 1. The Morgan fingerprint density at radius 1 is 1.25 bits per heavy atom. The van der Waals surface area contributed by atoms with Crippen LogP contribution in [-0.4, -0.2) is 29.6 Å². The average molecular weight is 255 g/mol. The molecule has 86 valence electrons. The van der Waals surface area contributed by atoms with Crippen LogP contribution in [-0.2, 0) is 0 Å². The third-order valence-corrected chi connectivity index (χ3v) is 3.95. The van der Waals surface area contributed by atoms with Crippen LogP contribution in [0.2, 0.25) is 5.02 Å². The highest BCUT2D eigenvalue weighted by atomic mass is 35.5. The zero-order valence-electron chi connectivity index (χ0n) is 9.08. The van der Waals surface area contributed by atoms with Crippen LogP contribution in [0.1, 0.15) is 12.8 Å². The third kappa shape index (κ3) is 3.16. The summed E-state index contributed by atoms with van der Waals surface area (Å²) in [4.78, 5) is 3.34. The Labute approximate surface area is 105 Å². The van der Waals surface area contributed by atoms with Crippen molar-refractivity contribution in [2.75, 3.05) is 18.8 Å². The fraction of sp³-hybridized carbons (Fsp3) is 0.417. The minimum absolute atomic E-state index is 0.748. The summed E-state index contributed by atoms with van der Waals surface area (Å²) in [7, 11) is 0. The van der Waals surface area contributed by atoms with Gasteiger partial charge in [-0.2, -0.15) is 0 Å². The van der Waals surface area contributed by atoms with Crippen LogP contribution in [0.4, 0.5) is 0 Å². The van der Waals surface area contributed by atoms with Crippen LogP contribution >= 0.6 is 23.4 Å². The lowest BCUT2D eigenvalue weighted by Gasteiger charge is -2.17. The molecule has 1 fully saturated rings. The summed E-state index contributed by atoms with van der Waals surface area (Å²) in [6, 6.07) is 7.79. The van der Waals surface area contributed by atoms with Gasteiger partial charge in [-0.05, 0) is 37.1 Å². The molecule has 4 heteroatoms. The predicted molar refractivity (Wildman–Crippen MR) is 70.7 cm³/mol. The van der Waals surface area contributed by atoms with E-state index in [0.29, 0.717) is 0 Å². The van der Waals surface area contributed by atoms with E-state index in [0.717, 1.165) is 29.7 Å². The van der Waals surface area contributed by atoms with Crippen LogP contribution in [0.3, 0.4) is 0 Å². The molecule has 2 rings (SSSR count). The van der Waals surface area contributed by atoms with Crippen molar-refractivity contribution in [3.63, 3.8) is 0 Å². The second-order valence-corrected chi connectivity index (χ2v) is 5.37. The maximum absolute atomic E-state index is 7.96. The smallest absolute Gasteiger partial charge is 0.106 e. The number of amidine groups is 1. The topological polar surface area (TPSA) is 27.1 Å². The molecule has 1 aliphatic heterocycles. The van der Waals surface area contributed by atoms with Crippen molar-refractivity contribution >= 4 is 29.2 Å². The number of nitrogens with zero attached hydrogens (tertiary/aromatic N) is 1. The monoisotopic (exact) mass is 254 g/mol. The van der Waals surface area contributed by atoms with Crippen molar-refractivity contribution in [2.45, 2.75) is 17.7 Å². The number of halogens is 1. The van der Waals surface area contributed by atoms with Crippen molar-refractivity contribution in [1.29, 1.82) is 5.41 Å². The number of benzene rings is 1. The zero-order chi connectivity index (χ0) is 11.4. The second-order valence-electron chi connectivity index (χ2n) is 3.88. The van der Waals surface area contributed by atoms with Crippen LogP contribution in [0.25, 0.3) is 0 Å². The van der Waals surface area contributed by atoms with Crippen molar-refractivity contribution in [2.24, 2.45) is 0 Å². The fourth-order valence-corrected chi connectivity index (χ4v) is 2.70. The molecule has 1 heterocycles. The number of hydrogen-bond donors (Lipinski definition) is 1. The lowest BCUT2D eigenvalue weighted by atomic mass is 10.4. The van der Waals surface area contributed by atoms with Gasteiger partial charge in [-0.1, -0.05) is 11.6 Å². The lowest BCUT2D eigenvalue weighted by molar-refractivity contribution is 0.514. The highest BCUT2D eigenvalue weighted by molar-refractivity contribution is 8.00. The van der Waals surface area contributed by atoms with Crippen LogP contribution in [0, 0.1) is 5.41 Å². The maximum Gasteiger partial charge on any atom is 0.106 e. The Balaban J connectivity index is 1.82. The summed E-state index contributed by atoms with van der Waals surface area (Å²) in [6.07, 6.45) is 2.46. The molecule has 0 radical (unpaired) electrons. The van der Waals surface area contributed by atoms with E-state index in [2.05, 4.69) is 4.90 Å². The van der Waals surface area contributed by atoms with Crippen LogP contribution < -0.4 is 0 Å². The molecule has 1 aliphatic rings. The van der Waals surface area contributed by atoms with Crippen LogP contribution in [0.5, 0.6) is 0 Å². The standard InChI is InChI=1S/C12H15ClN2S/c13-10-3-5-11(6-4-10)16-9-12(14)15-7-1-2-8-15/h3-6,14H,1-2,7-9H2. The SMILES string of the molecule is N=C(CSc1ccc(Cl)cc1)N1CCCC1. The quantitative estimate of drug-likeness (QED) is 0.508. The Hall–Kier alpha value is -0.670. The van der Waals surface area contributed by atoms with Gasteiger partial charge in [-0.3, -0.25) is 5.41 Å². The van der Waals surface area contributed by atoms with Gasteiger partial charge >= 0.3 is 0 Å². The van der Waals surface area contributed by atoms with E-state index in [-0.39, 0.29) is 0 Å². The molecule has 0 atom stereocenters. The Bertz CT molecular complexity index is 358. The predicted octanol–water partition coefficient (Wildman–Crippen LogP) is 3.51. The average Bonchev–Trinajstić information content (AvgIpc) is 2.81. The zero-order valence-corrected chi connectivity index (χ0v) is 10.7. The molecule has 1 aromatic rings. The normalized spacial score (nSPS) is 15.4. The van der Waals surface area contributed by atoms with E-state index in [9.17, 15) is 0 Å². The largest absolute Gasteiger partial charge is 0.360 e. The molecule has 1 saturated heterocycles. The van der Waals surface area contributed by atoms with Crippen molar-refractivity contribution in [1.82, 2.24) is 4.90 Å². The summed E-state index contributed by atoms with van der Waals surface area (Å²) in [5.74, 6) is 1.50. The van der Waals surface area contributed by atoms with E-state index >= 15 is 0 Å². The molecule has 1 aromatic carbocycles. The second kappa shape index (κ2) is 5.60. The minimum atomic E-state index is 0.748. The lowest BCUT2D eigenvalue weighted by Crippen LogP contribution is -2.28. The molecular weight excluding hydrogens is 240 g/mol. The molecule has 0 saturated carbocycles. The van der Waals surface area contributed by atoms with Gasteiger partial charge in [0.25, 0.3) is 0 Å². The van der Waals surface area contributed by atoms with Gasteiger partial charge in [0.05, 0.1) is 5.75 Å². The van der Waals surface area contributed by atoms with E-state index in [4.69, 9.17) is 17.0 Å². The molecule has 0 unspecified atom stereocenters. The molecule has 16 heavy (non-hydrogen) atoms. The van der Waals surface area contributed by atoms with Crippen molar-refractivity contribution in [3.05, 3.63) is 29.3 Å². The van der Waals surface area contributed by atoms with E-state index in [1.54, 1.807) is 11.8 Å². The highest BCUT2D eigenvalue weighted by Crippen LogP contribution is 2.21. The molecule has 0 aromatic heterocycles. The first kappa shape index (κ1) is 11.8. The fourth-order valence-electron chi connectivity index (χ4n) is 1.76. The maximum atomic E-state index is 7.96. The van der Waals surface area contributed by atoms with Gasteiger partial charge in [-0.15, -0.1) is 11.8 Å². The van der Waals surface area contributed by atoms with E-state index < -0.39 is 0 Å². The molecule has 0 aliphatic carbocycles. The minimum Gasteiger partial charge on any atom is -0.360 e. The summed E-state index contributed by atoms with van der Waals surface area (Å²) in [6.45, 7) is 2.11.